The summed E-state index contributed by atoms with van der Waals surface area (Å²) in [5, 5.41) is 17.9. The largest absolute Gasteiger partial charge is 0.444 e. The number of hydrogen-bond donors (Lipinski definition) is 2. The van der Waals surface area contributed by atoms with Gasteiger partial charge in [0.2, 0.25) is 0 Å². The second kappa shape index (κ2) is 22.4. The number of benzene rings is 4. The van der Waals surface area contributed by atoms with E-state index in [4.69, 9.17) is 24.5 Å². The van der Waals surface area contributed by atoms with Crippen LogP contribution in [-0.4, -0.2) is 123 Å². The standard InChI is InChI=1S/C34H46N6O3Si.C23H24N6/c1-25-29-20-27(13-14-31(29)40(37-25)24-42-17-18-44(5,6)7)30-21-35-22-32(36-30)38-15-16-39(33(41)43-34(2,3)4)28(23-38)19-26-11-9-8-10-12-26;1-16-20-12-18(7-8-21(20)28-27-16)22-13-24-14-23(26-22)29-10-9-25-19(15-29)11-17-5-3-2-4-6-17/h8-14,20-22,28H,15-19,23-24H2,1-7H3;2-8,12-14,19,25H,9-11,15H2,1H3,(H,27,28)/t28-;19-/m00/s1. The molecule has 2 aliphatic heterocycles. The van der Waals surface area contributed by atoms with Gasteiger partial charge in [-0.2, -0.15) is 10.2 Å². The highest BCUT2D eigenvalue weighted by Crippen LogP contribution is 2.29. The normalized spacial score (nSPS) is 16.4. The zero-order chi connectivity index (χ0) is 51.1. The molecule has 0 radical (unpaired) electrons. The number of nitrogens with one attached hydrogen (secondary N) is 2. The van der Waals surface area contributed by atoms with Crippen LogP contribution < -0.4 is 15.1 Å². The molecule has 16 heteroatoms. The maximum atomic E-state index is 13.2. The quantitative estimate of drug-likeness (QED) is 0.0834. The molecule has 380 valence electrons. The Morgan fingerprint density at radius 3 is 2.03 bits per heavy atom. The number of aryl methyl sites for hydroxylation is 2. The molecule has 10 rings (SSSR count). The van der Waals surface area contributed by atoms with Crippen molar-refractivity contribution >= 4 is 47.6 Å². The van der Waals surface area contributed by atoms with Gasteiger partial charge in [0.15, 0.2) is 0 Å². The van der Waals surface area contributed by atoms with Crippen molar-refractivity contribution in [3.8, 4) is 22.5 Å². The van der Waals surface area contributed by atoms with E-state index >= 15 is 0 Å². The summed E-state index contributed by atoms with van der Waals surface area (Å²) in [6.07, 6.45) is 8.80. The summed E-state index contributed by atoms with van der Waals surface area (Å²) in [6, 6.07) is 34.9. The fourth-order valence-corrected chi connectivity index (χ4v) is 10.2. The molecule has 73 heavy (non-hydrogen) atoms. The van der Waals surface area contributed by atoms with Crippen molar-refractivity contribution in [2.24, 2.45) is 0 Å². The molecule has 0 unspecified atom stereocenters. The summed E-state index contributed by atoms with van der Waals surface area (Å²) in [4.78, 5) is 38.7. The van der Waals surface area contributed by atoms with Crippen LogP contribution in [0.1, 0.15) is 43.3 Å². The van der Waals surface area contributed by atoms with Gasteiger partial charge < -0.3 is 29.5 Å². The van der Waals surface area contributed by atoms with Crippen molar-refractivity contribution in [1.29, 1.82) is 0 Å². The molecule has 2 atom stereocenters. The SMILES string of the molecule is Cc1[nH]nc2ccc(-c3cncc(N4CCN[C@@H](Cc5ccccc5)C4)n3)cc12.Cc1nn(COCC[Si](C)(C)C)c2ccc(-c3cncc(N4CCN(C(=O)OC(C)(C)C)[C@@H](Cc5ccccc5)C4)n3)cc12. The third-order valence-electron chi connectivity index (χ3n) is 13.4. The van der Waals surface area contributed by atoms with Gasteiger partial charge in [-0.25, -0.2) is 19.4 Å². The minimum Gasteiger partial charge on any atom is -0.444 e. The van der Waals surface area contributed by atoms with Crippen LogP contribution in [0.5, 0.6) is 0 Å². The molecule has 8 aromatic rings. The highest BCUT2D eigenvalue weighted by Gasteiger charge is 2.34. The van der Waals surface area contributed by atoms with Gasteiger partial charge in [-0.15, -0.1) is 0 Å². The van der Waals surface area contributed by atoms with Gasteiger partial charge in [-0.1, -0.05) is 92.4 Å². The van der Waals surface area contributed by atoms with Crippen LogP contribution in [0.2, 0.25) is 25.7 Å². The first-order chi connectivity index (χ1) is 35.1. The molecule has 0 bridgehead atoms. The van der Waals surface area contributed by atoms with Crippen molar-refractivity contribution in [3.63, 3.8) is 0 Å². The lowest BCUT2D eigenvalue weighted by atomic mass is 10.0. The average molecular weight is 999 g/mol. The number of H-pyrrole nitrogens is 1. The van der Waals surface area contributed by atoms with E-state index < -0.39 is 13.7 Å². The molecule has 15 nitrogen and oxygen atoms in total. The fraction of sp³-hybridized carbons (Fsp3) is 0.386. The van der Waals surface area contributed by atoms with Crippen molar-refractivity contribution in [1.82, 2.24) is 50.1 Å². The molecule has 0 spiro atoms. The second-order valence-corrected chi connectivity index (χ2v) is 27.1. The van der Waals surface area contributed by atoms with Gasteiger partial charge in [-0.05, 0) is 88.9 Å². The van der Waals surface area contributed by atoms with Crippen molar-refractivity contribution in [2.45, 2.75) is 97.6 Å². The van der Waals surface area contributed by atoms with Gasteiger partial charge in [-0.3, -0.25) is 15.1 Å². The van der Waals surface area contributed by atoms with E-state index in [-0.39, 0.29) is 12.1 Å². The number of aromatic amines is 1. The average Bonchev–Trinajstić information content (AvgIpc) is 3.92. The molecule has 0 saturated carbocycles. The second-order valence-electron chi connectivity index (χ2n) is 21.5. The molecule has 2 saturated heterocycles. The Morgan fingerprint density at radius 1 is 0.740 bits per heavy atom. The van der Waals surface area contributed by atoms with E-state index in [1.54, 1.807) is 0 Å². The van der Waals surface area contributed by atoms with Gasteiger partial charge >= 0.3 is 6.09 Å². The number of carbonyl (C=O) groups is 1. The third kappa shape index (κ3) is 13.2. The Balaban J connectivity index is 0.000000195. The number of nitrogens with zero attached hydrogens (tertiary/aromatic N) is 10. The predicted octanol–water partition coefficient (Wildman–Crippen LogP) is 10.1. The molecule has 2 N–H and O–H groups in total. The maximum absolute atomic E-state index is 13.2. The van der Waals surface area contributed by atoms with E-state index in [0.717, 1.165) is 112 Å². The van der Waals surface area contributed by atoms with Crippen LogP contribution in [-0.2, 0) is 29.0 Å². The summed E-state index contributed by atoms with van der Waals surface area (Å²) in [5.74, 6) is 1.73. The molecule has 1 amide bonds. The minimum absolute atomic E-state index is 0.0655. The van der Waals surface area contributed by atoms with E-state index in [2.05, 4.69) is 128 Å². The number of piperazine rings is 2. The zero-order valence-electron chi connectivity index (χ0n) is 43.7. The van der Waals surface area contributed by atoms with Crippen molar-refractivity contribution in [3.05, 3.63) is 144 Å². The van der Waals surface area contributed by atoms with Crippen LogP contribution in [0.4, 0.5) is 16.4 Å². The highest BCUT2D eigenvalue weighted by atomic mass is 28.3. The summed E-state index contributed by atoms with van der Waals surface area (Å²) in [7, 11) is -1.14. The molecule has 0 aliphatic carbocycles. The number of ether oxygens (including phenoxy) is 2. The molecule has 4 aromatic carbocycles. The lowest BCUT2D eigenvalue weighted by molar-refractivity contribution is 0.0140. The van der Waals surface area contributed by atoms with Crippen molar-refractivity contribution in [2.75, 3.05) is 55.7 Å². The lowest BCUT2D eigenvalue weighted by Gasteiger charge is -2.42. The summed E-state index contributed by atoms with van der Waals surface area (Å²) < 4.78 is 13.7. The summed E-state index contributed by atoms with van der Waals surface area (Å²) >= 11 is 0. The molecule has 6 heterocycles. The van der Waals surface area contributed by atoms with Gasteiger partial charge in [0.05, 0.1) is 58.9 Å². The van der Waals surface area contributed by atoms with E-state index in [9.17, 15) is 4.79 Å². The number of carbonyl (C=O) groups excluding carboxylic acids is 1. The molecular weight excluding hydrogens is 929 g/mol. The molecule has 2 aliphatic rings. The Labute approximate surface area is 430 Å². The number of hydrogen-bond acceptors (Lipinski definition) is 12. The van der Waals surface area contributed by atoms with Crippen LogP contribution in [0.3, 0.4) is 0 Å². The predicted molar refractivity (Wildman–Crippen MR) is 295 cm³/mol. The number of aromatic nitrogens is 8. The topological polar surface area (TPSA) is 155 Å². The maximum Gasteiger partial charge on any atom is 0.410 e. The Hall–Kier alpha value is -7.01. The number of fused-ring (bicyclic) bond motifs is 2. The third-order valence-corrected chi connectivity index (χ3v) is 15.1. The first kappa shape index (κ1) is 50.9. The zero-order valence-corrected chi connectivity index (χ0v) is 44.7. The molecule has 2 fully saturated rings. The fourth-order valence-electron chi connectivity index (χ4n) is 9.47. The van der Waals surface area contributed by atoms with E-state index in [1.165, 1.54) is 11.1 Å². The molecule has 4 aromatic heterocycles. The Kier molecular flexibility index (Phi) is 15.6. The van der Waals surface area contributed by atoms with E-state index in [0.29, 0.717) is 32.4 Å². The van der Waals surface area contributed by atoms with Gasteiger partial charge in [0.25, 0.3) is 0 Å². The van der Waals surface area contributed by atoms with Gasteiger partial charge in [0.1, 0.15) is 24.0 Å². The first-order valence-corrected chi connectivity index (χ1v) is 29.3. The van der Waals surface area contributed by atoms with Crippen LogP contribution >= 0.6 is 0 Å². The number of amides is 1. The smallest absolute Gasteiger partial charge is 0.410 e. The monoisotopic (exact) mass is 999 g/mol. The van der Waals surface area contributed by atoms with Crippen LogP contribution in [0.15, 0.2) is 122 Å². The lowest BCUT2D eigenvalue weighted by Crippen LogP contribution is -2.57. The number of anilines is 2. The summed E-state index contributed by atoms with van der Waals surface area (Å²) in [6.45, 7) is 22.7. The minimum atomic E-state index is -1.14. The van der Waals surface area contributed by atoms with Crippen LogP contribution in [0, 0.1) is 13.8 Å². The van der Waals surface area contributed by atoms with E-state index in [1.807, 2.05) is 93.3 Å². The Morgan fingerprint density at radius 2 is 1.37 bits per heavy atom. The first-order valence-electron chi connectivity index (χ1n) is 25.6. The van der Waals surface area contributed by atoms with Gasteiger partial charge in [0, 0.05) is 87.6 Å². The Bertz CT molecular complexity index is 3110. The molecular formula is C57H70N12O3Si. The van der Waals surface area contributed by atoms with Crippen molar-refractivity contribution < 1.29 is 14.3 Å². The van der Waals surface area contributed by atoms with Crippen LogP contribution in [0.25, 0.3) is 44.3 Å². The highest BCUT2D eigenvalue weighted by molar-refractivity contribution is 6.76. The summed E-state index contributed by atoms with van der Waals surface area (Å²) in [5.41, 5.74) is 9.77. The number of rotatable bonds is 13.